The summed E-state index contributed by atoms with van der Waals surface area (Å²) in [5.41, 5.74) is 5.18. The number of sulfone groups is 1. The molecule has 0 amide bonds. The fourth-order valence-corrected chi connectivity index (χ4v) is 2.63. The molecule has 1 saturated heterocycles. The summed E-state index contributed by atoms with van der Waals surface area (Å²) in [5.74, 6) is -1.69. The van der Waals surface area contributed by atoms with E-state index in [1.807, 2.05) is 0 Å². The molecule has 0 saturated carbocycles. The minimum absolute atomic E-state index is 0. The lowest BCUT2D eigenvalue weighted by molar-refractivity contribution is -0.139. The van der Waals surface area contributed by atoms with Gasteiger partial charge in [-0.25, -0.2) is 8.42 Å². The van der Waals surface area contributed by atoms with Crippen molar-refractivity contribution >= 4 is 28.2 Å². The zero-order valence-corrected chi connectivity index (χ0v) is 7.77. The van der Waals surface area contributed by atoms with Crippen LogP contribution in [0.4, 0.5) is 0 Å². The molecule has 5 nitrogen and oxygen atoms in total. The van der Waals surface area contributed by atoms with Crippen molar-refractivity contribution < 1.29 is 18.3 Å². The first-order chi connectivity index (χ1) is 4.92. The summed E-state index contributed by atoms with van der Waals surface area (Å²) in [6.45, 7) is 0. The van der Waals surface area contributed by atoms with E-state index in [9.17, 15) is 13.2 Å². The normalized spacial score (nSPS) is 23.4. The number of carbonyl (C=O) groups is 1. The third-order valence-electron chi connectivity index (χ3n) is 1.73. The third-order valence-corrected chi connectivity index (χ3v) is 3.60. The van der Waals surface area contributed by atoms with Gasteiger partial charge < -0.3 is 10.8 Å². The number of aliphatic carboxylic acids is 1. The molecule has 12 heavy (non-hydrogen) atoms. The molecule has 1 rings (SSSR count). The monoisotopic (exact) mass is 215 g/mol. The number of hydrogen-bond donors (Lipinski definition) is 2. The van der Waals surface area contributed by atoms with Crippen molar-refractivity contribution in [2.45, 2.75) is 6.04 Å². The molecular weight excluding hydrogens is 206 g/mol. The second-order valence-corrected chi connectivity index (χ2v) is 4.85. The Labute approximate surface area is 76.3 Å². The SMILES string of the molecule is Cl.NC(C(=O)O)C1CS(=O)(=O)C1. The van der Waals surface area contributed by atoms with Crippen LogP contribution in [0.25, 0.3) is 0 Å². The van der Waals surface area contributed by atoms with Crippen molar-refractivity contribution in [3.8, 4) is 0 Å². The highest BCUT2D eigenvalue weighted by Gasteiger charge is 2.40. The summed E-state index contributed by atoms with van der Waals surface area (Å²) in [7, 11) is -2.95. The summed E-state index contributed by atoms with van der Waals surface area (Å²) in [6.07, 6.45) is 0. The molecule has 0 aromatic heterocycles. The Morgan fingerprint density at radius 1 is 1.50 bits per heavy atom. The highest BCUT2D eigenvalue weighted by Crippen LogP contribution is 2.20. The van der Waals surface area contributed by atoms with Gasteiger partial charge in [-0.3, -0.25) is 4.79 Å². The van der Waals surface area contributed by atoms with Crippen LogP contribution in [0.15, 0.2) is 0 Å². The van der Waals surface area contributed by atoms with Crippen molar-refractivity contribution in [1.82, 2.24) is 0 Å². The lowest BCUT2D eigenvalue weighted by Gasteiger charge is -2.28. The molecule has 72 valence electrons. The average molecular weight is 216 g/mol. The van der Waals surface area contributed by atoms with Crippen LogP contribution in [0.1, 0.15) is 0 Å². The largest absolute Gasteiger partial charge is 0.480 e. The molecular formula is C5H10ClNO4S. The first-order valence-electron chi connectivity index (χ1n) is 3.11. The molecule has 3 N–H and O–H groups in total. The van der Waals surface area contributed by atoms with Crippen molar-refractivity contribution in [3.05, 3.63) is 0 Å². The lowest BCUT2D eigenvalue weighted by Crippen LogP contribution is -2.51. The van der Waals surface area contributed by atoms with Gasteiger partial charge in [0.1, 0.15) is 6.04 Å². The van der Waals surface area contributed by atoms with Gasteiger partial charge in [0.15, 0.2) is 9.84 Å². The smallest absolute Gasteiger partial charge is 0.320 e. The van der Waals surface area contributed by atoms with Crippen LogP contribution in [0.5, 0.6) is 0 Å². The molecule has 7 heteroatoms. The zero-order chi connectivity index (χ0) is 8.65. The molecule has 0 aliphatic carbocycles. The van der Waals surface area contributed by atoms with E-state index in [2.05, 4.69) is 0 Å². The Bertz CT molecular complexity index is 263. The second-order valence-electron chi connectivity index (χ2n) is 2.70. The maximum absolute atomic E-state index is 10.6. The van der Waals surface area contributed by atoms with Crippen LogP contribution in [0, 0.1) is 5.92 Å². The first kappa shape index (κ1) is 11.7. The molecule has 1 atom stereocenters. The van der Waals surface area contributed by atoms with Gasteiger partial charge in [0.2, 0.25) is 0 Å². The lowest BCUT2D eigenvalue weighted by atomic mass is 10.1. The van der Waals surface area contributed by atoms with Gasteiger partial charge >= 0.3 is 5.97 Å². The molecule has 0 bridgehead atoms. The topological polar surface area (TPSA) is 97.5 Å². The summed E-state index contributed by atoms with van der Waals surface area (Å²) >= 11 is 0. The fraction of sp³-hybridized carbons (Fsp3) is 0.800. The number of carboxylic acid groups (broad SMARTS) is 1. The summed E-state index contributed by atoms with van der Waals surface area (Å²) in [6, 6.07) is -1.03. The molecule has 1 fully saturated rings. The minimum atomic E-state index is -2.95. The van der Waals surface area contributed by atoms with E-state index in [0.29, 0.717) is 0 Å². The van der Waals surface area contributed by atoms with E-state index in [1.54, 1.807) is 0 Å². The number of nitrogens with two attached hydrogens (primary N) is 1. The number of carboxylic acids is 1. The molecule has 0 aromatic carbocycles. The zero-order valence-electron chi connectivity index (χ0n) is 6.13. The Balaban J connectivity index is 0.00000121. The van der Waals surface area contributed by atoms with Gasteiger partial charge in [0.05, 0.1) is 11.5 Å². The van der Waals surface area contributed by atoms with Crippen LogP contribution in [-0.4, -0.2) is 37.0 Å². The average Bonchev–Trinajstić information content (AvgIpc) is 1.80. The van der Waals surface area contributed by atoms with Gasteiger partial charge in [-0.1, -0.05) is 0 Å². The summed E-state index contributed by atoms with van der Waals surface area (Å²) in [4.78, 5) is 10.2. The number of rotatable bonds is 2. The van der Waals surface area contributed by atoms with Crippen LogP contribution in [0.3, 0.4) is 0 Å². The van der Waals surface area contributed by atoms with E-state index in [1.165, 1.54) is 0 Å². The van der Waals surface area contributed by atoms with Crippen LogP contribution < -0.4 is 5.73 Å². The van der Waals surface area contributed by atoms with Crippen molar-refractivity contribution in [3.63, 3.8) is 0 Å². The second kappa shape index (κ2) is 3.59. The molecule has 1 aliphatic rings. The van der Waals surface area contributed by atoms with Crippen molar-refractivity contribution in [1.29, 1.82) is 0 Å². The molecule has 0 aromatic rings. The predicted molar refractivity (Wildman–Crippen MR) is 45.0 cm³/mol. The van der Waals surface area contributed by atoms with Gasteiger partial charge in [0.25, 0.3) is 0 Å². The van der Waals surface area contributed by atoms with E-state index in [0.717, 1.165) is 0 Å². The molecule has 1 heterocycles. The first-order valence-corrected chi connectivity index (χ1v) is 4.93. The number of halogens is 1. The molecule has 1 unspecified atom stereocenters. The summed E-state index contributed by atoms with van der Waals surface area (Å²) < 4.78 is 21.2. The van der Waals surface area contributed by atoms with E-state index < -0.39 is 27.8 Å². The Morgan fingerprint density at radius 2 is 1.92 bits per heavy atom. The maximum Gasteiger partial charge on any atom is 0.320 e. The standard InChI is InChI=1S/C5H9NO4S.ClH/c6-4(5(7)8)3-1-11(9,10)2-3;/h3-4H,1-2,6H2,(H,7,8);1H. The van der Waals surface area contributed by atoms with Gasteiger partial charge in [-0.2, -0.15) is 0 Å². The van der Waals surface area contributed by atoms with Gasteiger partial charge in [-0.05, 0) is 0 Å². The molecule has 1 aliphatic heterocycles. The Morgan fingerprint density at radius 3 is 2.17 bits per heavy atom. The molecule has 0 radical (unpaired) electrons. The quantitative estimate of drug-likeness (QED) is 0.607. The van der Waals surface area contributed by atoms with E-state index >= 15 is 0 Å². The maximum atomic E-state index is 10.6. The number of hydrogen-bond acceptors (Lipinski definition) is 4. The highest BCUT2D eigenvalue weighted by molar-refractivity contribution is 7.92. The van der Waals surface area contributed by atoms with E-state index in [4.69, 9.17) is 10.8 Å². The van der Waals surface area contributed by atoms with Gasteiger partial charge in [0, 0.05) is 5.92 Å². The van der Waals surface area contributed by atoms with Crippen molar-refractivity contribution in [2.75, 3.05) is 11.5 Å². The summed E-state index contributed by atoms with van der Waals surface area (Å²) in [5, 5.41) is 8.37. The predicted octanol–water partition coefficient (Wildman–Crippen LogP) is -1.14. The highest BCUT2D eigenvalue weighted by atomic mass is 35.5. The van der Waals surface area contributed by atoms with E-state index in [-0.39, 0.29) is 23.9 Å². The van der Waals surface area contributed by atoms with Crippen LogP contribution >= 0.6 is 12.4 Å². The minimum Gasteiger partial charge on any atom is -0.480 e. The Kier molecular flexibility index (Phi) is 3.49. The van der Waals surface area contributed by atoms with Crippen molar-refractivity contribution in [2.24, 2.45) is 11.7 Å². The van der Waals surface area contributed by atoms with Crippen LogP contribution in [0.2, 0.25) is 0 Å². The van der Waals surface area contributed by atoms with Crippen LogP contribution in [-0.2, 0) is 14.6 Å². The third kappa shape index (κ3) is 2.33. The Hall–Kier alpha value is -0.330. The van der Waals surface area contributed by atoms with Gasteiger partial charge in [-0.15, -0.1) is 12.4 Å². The fourth-order valence-electron chi connectivity index (χ4n) is 1.01. The molecule has 0 spiro atoms.